The summed E-state index contributed by atoms with van der Waals surface area (Å²) in [4.78, 5) is 0. The van der Waals surface area contributed by atoms with Gasteiger partial charge in [-0.25, -0.2) is 0 Å². The van der Waals surface area contributed by atoms with Crippen LogP contribution in [0.3, 0.4) is 0 Å². The zero-order valence-corrected chi connectivity index (χ0v) is 12.6. The van der Waals surface area contributed by atoms with E-state index in [0.717, 1.165) is 23.3 Å². The van der Waals surface area contributed by atoms with Gasteiger partial charge in [0.25, 0.3) is 0 Å². The minimum atomic E-state index is 0.815. The zero-order valence-electron chi connectivity index (χ0n) is 11.0. The molecular formula is C14H18BrN3. The highest BCUT2D eigenvalue weighted by atomic mass is 79.9. The summed E-state index contributed by atoms with van der Waals surface area (Å²) in [6.45, 7) is 5.82. The van der Waals surface area contributed by atoms with Crippen molar-refractivity contribution >= 4 is 15.9 Å². The molecule has 0 aliphatic heterocycles. The van der Waals surface area contributed by atoms with Gasteiger partial charge in [0.2, 0.25) is 0 Å². The first-order chi connectivity index (χ1) is 8.61. The van der Waals surface area contributed by atoms with Crippen LogP contribution in [0.1, 0.15) is 22.5 Å². The molecule has 2 aromatic rings. The Morgan fingerprint density at radius 2 is 2.00 bits per heavy atom. The third-order valence-electron chi connectivity index (χ3n) is 3.00. The lowest BCUT2D eigenvalue weighted by molar-refractivity contribution is 0.657. The molecule has 0 spiro atoms. The molecule has 0 aliphatic carbocycles. The number of hydrogen-bond acceptors (Lipinski definition) is 2. The molecule has 1 N–H and O–H groups in total. The third kappa shape index (κ3) is 2.82. The van der Waals surface area contributed by atoms with Gasteiger partial charge >= 0.3 is 0 Å². The second-order valence-electron chi connectivity index (χ2n) is 4.49. The number of nitrogens with one attached hydrogen (secondary N) is 1. The number of nitrogens with zero attached hydrogens (tertiary/aromatic N) is 2. The predicted molar refractivity (Wildman–Crippen MR) is 77.7 cm³/mol. The summed E-state index contributed by atoms with van der Waals surface area (Å²) in [6.07, 6.45) is 0. The van der Waals surface area contributed by atoms with Gasteiger partial charge in [-0.15, -0.1) is 0 Å². The molecule has 1 aromatic carbocycles. The summed E-state index contributed by atoms with van der Waals surface area (Å²) in [5.41, 5.74) is 4.79. The second kappa shape index (κ2) is 5.67. The molecule has 2 rings (SSSR count). The van der Waals surface area contributed by atoms with E-state index in [2.05, 4.69) is 57.5 Å². The highest BCUT2D eigenvalue weighted by molar-refractivity contribution is 9.10. The van der Waals surface area contributed by atoms with Gasteiger partial charge < -0.3 is 5.32 Å². The molecule has 1 aromatic heterocycles. The van der Waals surface area contributed by atoms with Crippen molar-refractivity contribution in [3.05, 3.63) is 51.3 Å². The molecule has 0 unspecified atom stereocenters. The van der Waals surface area contributed by atoms with E-state index in [1.165, 1.54) is 16.8 Å². The Morgan fingerprint density at radius 1 is 1.28 bits per heavy atom. The Hall–Kier alpha value is -1.13. The summed E-state index contributed by atoms with van der Waals surface area (Å²) < 4.78 is 3.15. The van der Waals surface area contributed by atoms with Crippen molar-refractivity contribution in [3.63, 3.8) is 0 Å². The van der Waals surface area contributed by atoms with Crippen molar-refractivity contribution in [1.82, 2.24) is 15.1 Å². The molecule has 1 heterocycles. The van der Waals surface area contributed by atoms with E-state index in [9.17, 15) is 0 Å². The van der Waals surface area contributed by atoms with Gasteiger partial charge in [0.15, 0.2) is 0 Å². The van der Waals surface area contributed by atoms with Crippen LogP contribution in [0.4, 0.5) is 0 Å². The van der Waals surface area contributed by atoms with Crippen molar-refractivity contribution in [2.24, 2.45) is 0 Å². The van der Waals surface area contributed by atoms with Gasteiger partial charge in [0.05, 0.1) is 22.4 Å². The Kier molecular flexibility index (Phi) is 4.19. The van der Waals surface area contributed by atoms with Gasteiger partial charge in [0.1, 0.15) is 0 Å². The fourth-order valence-electron chi connectivity index (χ4n) is 2.04. The largest absolute Gasteiger partial charge is 0.316 e. The quantitative estimate of drug-likeness (QED) is 0.941. The summed E-state index contributed by atoms with van der Waals surface area (Å²) in [6, 6.07) is 8.60. The van der Waals surface area contributed by atoms with E-state index in [4.69, 9.17) is 0 Å². The van der Waals surface area contributed by atoms with Crippen LogP contribution in [0, 0.1) is 13.8 Å². The van der Waals surface area contributed by atoms with Crippen LogP contribution in [0.15, 0.2) is 28.7 Å². The van der Waals surface area contributed by atoms with E-state index in [1.54, 1.807) is 0 Å². The maximum absolute atomic E-state index is 4.53. The monoisotopic (exact) mass is 307 g/mol. The van der Waals surface area contributed by atoms with Crippen molar-refractivity contribution < 1.29 is 0 Å². The number of benzene rings is 1. The highest BCUT2D eigenvalue weighted by Gasteiger charge is 2.08. The molecule has 96 valence electrons. The summed E-state index contributed by atoms with van der Waals surface area (Å²) in [7, 11) is 1.96. The van der Waals surface area contributed by atoms with Crippen molar-refractivity contribution in [2.75, 3.05) is 7.05 Å². The molecule has 0 aliphatic rings. The Morgan fingerprint density at radius 3 is 2.61 bits per heavy atom. The summed E-state index contributed by atoms with van der Waals surface area (Å²) in [5.74, 6) is 0. The van der Waals surface area contributed by atoms with E-state index in [0.29, 0.717) is 0 Å². The molecule has 0 saturated heterocycles. The number of hydrogen-bond donors (Lipinski definition) is 1. The van der Waals surface area contributed by atoms with Crippen LogP contribution < -0.4 is 5.32 Å². The molecule has 3 nitrogen and oxygen atoms in total. The predicted octanol–water partition coefficient (Wildman–Crippen LogP) is 3.03. The molecule has 4 heteroatoms. The minimum Gasteiger partial charge on any atom is -0.316 e. The lowest BCUT2D eigenvalue weighted by Crippen LogP contribution is -2.07. The van der Waals surface area contributed by atoms with Gasteiger partial charge in [-0.1, -0.05) is 24.3 Å². The Balaban J connectivity index is 2.23. The first-order valence-electron chi connectivity index (χ1n) is 6.03. The maximum Gasteiger partial charge on any atom is 0.0738 e. The second-order valence-corrected chi connectivity index (χ2v) is 5.29. The number of halogens is 1. The minimum absolute atomic E-state index is 0.815. The highest BCUT2D eigenvalue weighted by Crippen LogP contribution is 2.20. The molecule has 0 fully saturated rings. The SMILES string of the molecule is CNCc1cccc(Cn2nc(C)c(Br)c2C)c1. The molecule has 0 saturated carbocycles. The van der Waals surface area contributed by atoms with Gasteiger partial charge in [-0.3, -0.25) is 4.68 Å². The first kappa shape index (κ1) is 13.3. The lowest BCUT2D eigenvalue weighted by atomic mass is 10.1. The lowest BCUT2D eigenvalue weighted by Gasteiger charge is -2.07. The topological polar surface area (TPSA) is 29.9 Å². The van der Waals surface area contributed by atoms with Crippen LogP contribution in [0.2, 0.25) is 0 Å². The van der Waals surface area contributed by atoms with E-state index in [-0.39, 0.29) is 0 Å². The molecular weight excluding hydrogens is 290 g/mol. The van der Waals surface area contributed by atoms with E-state index in [1.807, 2.05) is 18.7 Å². The van der Waals surface area contributed by atoms with Crippen molar-refractivity contribution in [3.8, 4) is 0 Å². The van der Waals surface area contributed by atoms with Crippen LogP contribution in [0.25, 0.3) is 0 Å². The summed E-state index contributed by atoms with van der Waals surface area (Å²) in [5, 5.41) is 7.70. The smallest absolute Gasteiger partial charge is 0.0738 e. The molecule has 0 radical (unpaired) electrons. The Labute approximate surface area is 116 Å². The molecule has 0 bridgehead atoms. The first-order valence-corrected chi connectivity index (χ1v) is 6.83. The van der Waals surface area contributed by atoms with Gasteiger partial charge in [-0.2, -0.15) is 5.10 Å². The number of rotatable bonds is 4. The number of aryl methyl sites for hydroxylation is 1. The number of aromatic nitrogens is 2. The fraction of sp³-hybridized carbons (Fsp3) is 0.357. The van der Waals surface area contributed by atoms with Crippen molar-refractivity contribution in [2.45, 2.75) is 26.9 Å². The van der Waals surface area contributed by atoms with Gasteiger partial charge in [0, 0.05) is 6.54 Å². The van der Waals surface area contributed by atoms with Gasteiger partial charge in [-0.05, 0) is 48.0 Å². The standard InChI is InChI=1S/C14H18BrN3/c1-10-14(15)11(2)18(17-10)9-13-6-4-5-12(7-13)8-16-3/h4-7,16H,8-9H2,1-3H3. The summed E-state index contributed by atoms with van der Waals surface area (Å²) >= 11 is 3.56. The third-order valence-corrected chi connectivity index (χ3v) is 4.15. The van der Waals surface area contributed by atoms with Crippen LogP contribution in [-0.4, -0.2) is 16.8 Å². The Bertz CT molecular complexity index is 546. The average molecular weight is 308 g/mol. The van der Waals surface area contributed by atoms with Crippen LogP contribution >= 0.6 is 15.9 Å². The van der Waals surface area contributed by atoms with Crippen LogP contribution in [0.5, 0.6) is 0 Å². The fourth-order valence-corrected chi connectivity index (χ4v) is 2.33. The molecule has 0 amide bonds. The average Bonchev–Trinajstić information content (AvgIpc) is 2.58. The zero-order chi connectivity index (χ0) is 13.1. The molecule has 0 atom stereocenters. The van der Waals surface area contributed by atoms with Crippen LogP contribution in [-0.2, 0) is 13.1 Å². The maximum atomic E-state index is 4.53. The van der Waals surface area contributed by atoms with Crippen molar-refractivity contribution in [1.29, 1.82) is 0 Å². The van der Waals surface area contributed by atoms with E-state index >= 15 is 0 Å². The van der Waals surface area contributed by atoms with E-state index < -0.39 is 0 Å². The molecule has 18 heavy (non-hydrogen) atoms. The normalized spacial score (nSPS) is 10.9.